The van der Waals surface area contributed by atoms with E-state index in [0.717, 1.165) is 38.5 Å². The van der Waals surface area contributed by atoms with Gasteiger partial charge in [-0.15, -0.1) is 0 Å². The molecule has 186 valence electrons. The number of aromatic amines is 1. The van der Waals surface area contributed by atoms with Crippen molar-refractivity contribution in [1.29, 1.82) is 0 Å². The molecule has 35 heavy (non-hydrogen) atoms. The lowest BCUT2D eigenvalue weighted by Crippen LogP contribution is -2.39. The highest BCUT2D eigenvalue weighted by atomic mass is 16.3. The number of aliphatic hydroxyl groups excluding tert-OH is 1. The number of fused-ring (bicyclic) bond motifs is 1. The summed E-state index contributed by atoms with van der Waals surface area (Å²) in [6, 6.07) is 3.17. The van der Waals surface area contributed by atoms with Crippen LogP contribution in [-0.2, 0) is 0 Å². The van der Waals surface area contributed by atoms with E-state index in [4.69, 9.17) is 5.73 Å². The Bertz CT molecular complexity index is 1270. The van der Waals surface area contributed by atoms with Gasteiger partial charge in [0, 0.05) is 42.7 Å². The molecule has 1 atom stereocenters. The first-order chi connectivity index (χ1) is 16.8. The summed E-state index contributed by atoms with van der Waals surface area (Å²) in [5, 5.41) is 13.3. The van der Waals surface area contributed by atoms with Crippen molar-refractivity contribution >= 4 is 28.7 Å². The summed E-state index contributed by atoms with van der Waals surface area (Å²) in [5.41, 5.74) is 7.57. The van der Waals surface area contributed by atoms with Crippen LogP contribution in [0.4, 0.5) is 11.8 Å². The molecule has 1 amide bonds. The van der Waals surface area contributed by atoms with Crippen LogP contribution in [0.25, 0.3) is 22.2 Å². The number of piperidine rings is 1. The van der Waals surface area contributed by atoms with Gasteiger partial charge < -0.3 is 26.0 Å². The number of nitrogen functional groups attached to an aromatic ring is 1. The number of hydrogen-bond acceptors (Lipinski definition) is 8. The lowest BCUT2D eigenvalue weighted by molar-refractivity contribution is 0.0724. The molecule has 0 bridgehead atoms. The summed E-state index contributed by atoms with van der Waals surface area (Å²) in [7, 11) is 0. The van der Waals surface area contributed by atoms with Crippen molar-refractivity contribution in [3.63, 3.8) is 0 Å². The Morgan fingerprint density at radius 2 is 2.03 bits per heavy atom. The second-order valence-electron chi connectivity index (χ2n) is 9.45. The van der Waals surface area contributed by atoms with Gasteiger partial charge in [0.2, 0.25) is 11.5 Å². The summed E-state index contributed by atoms with van der Waals surface area (Å²) in [6.45, 7) is 5.35. The number of aliphatic hydroxyl groups is 1. The van der Waals surface area contributed by atoms with E-state index in [-0.39, 0.29) is 24.0 Å². The molecule has 10 nitrogen and oxygen atoms in total. The third kappa shape index (κ3) is 5.43. The second-order valence-corrected chi connectivity index (χ2v) is 9.45. The molecule has 1 saturated heterocycles. The van der Waals surface area contributed by atoms with E-state index >= 15 is 0 Å². The summed E-state index contributed by atoms with van der Waals surface area (Å²) < 4.78 is 0. The topological polar surface area (TPSA) is 150 Å². The van der Waals surface area contributed by atoms with Crippen LogP contribution in [0.2, 0.25) is 0 Å². The summed E-state index contributed by atoms with van der Waals surface area (Å²) in [5.74, 6) is 0.378. The molecule has 1 fully saturated rings. The summed E-state index contributed by atoms with van der Waals surface area (Å²) >= 11 is 0. The quantitative estimate of drug-likeness (QED) is 0.385. The molecule has 5 N–H and O–H groups in total. The Morgan fingerprint density at radius 3 is 2.74 bits per heavy atom. The Kier molecular flexibility index (Phi) is 7.30. The zero-order valence-corrected chi connectivity index (χ0v) is 20.3. The van der Waals surface area contributed by atoms with Crippen LogP contribution in [0.15, 0.2) is 29.3 Å². The van der Waals surface area contributed by atoms with E-state index in [0.29, 0.717) is 46.6 Å². The predicted octanol–water partition coefficient (Wildman–Crippen LogP) is 2.94. The number of anilines is 2. The first-order valence-corrected chi connectivity index (χ1v) is 12.2. The number of pyridine rings is 2. The molecule has 1 aliphatic heterocycles. The number of unbranched alkanes of at least 4 members (excludes halogenated alkanes) is 1. The highest BCUT2D eigenvalue weighted by Crippen LogP contribution is 2.30. The molecule has 0 aromatic carbocycles. The number of carbonyl (C=O) groups is 1. The minimum Gasteiger partial charge on any atom is -0.394 e. The molecule has 4 heterocycles. The van der Waals surface area contributed by atoms with Gasteiger partial charge in [-0.05, 0) is 38.7 Å². The van der Waals surface area contributed by atoms with Crippen LogP contribution < -0.4 is 16.6 Å². The van der Waals surface area contributed by atoms with Crippen LogP contribution in [0, 0.1) is 0 Å². The number of likely N-dealkylation sites (tertiary alicyclic amines) is 1. The first-order valence-electron chi connectivity index (χ1n) is 12.2. The van der Waals surface area contributed by atoms with Gasteiger partial charge in [-0.2, -0.15) is 4.98 Å². The average Bonchev–Trinajstić information content (AvgIpc) is 2.87. The van der Waals surface area contributed by atoms with Gasteiger partial charge in [0.1, 0.15) is 5.52 Å². The smallest absolute Gasteiger partial charge is 0.255 e. The van der Waals surface area contributed by atoms with Gasteiger partial charge in [0.05, 0.1) is 23.2 Å². The van der Waals surface area contributed by atoms with Crippen LogP contribution in [0.3, 0.4) is 0 Å². The number of hydrogen-bond donors (Lipinski definition) is 4. The van der Waals surface area contributed by atoms with Gasteiger partial charge in [0.25, 0.3) is 5.91 Å². The van der Waals surface area contributed by atoms with Gasteiger partial charge >= 0.3 is 0 Å². The Hall–Kier alpha value is -3.53. The highest BCUT2D eigenvalue weighted by Gasteiger charge is 2.26. The Labute approximate surface area is 204 Å². The fourth-order valence-corrected chi connectivity index (χ4v) is 4.46. The van der Waals surface area contributed by atoms with Crippen molar-refractivity contribution < 1.29 is 9.90 Å². The zero-order chi connectivity index (χ0) is 25.0. The Morgan fingerprint density at radius 1 is 1.26 bits per heavy atom. The minimum atomic E-state index is -0.592. The van der Waals surface area contributed by atoms with Crippen LogP contribution in [0.1, 0.15) is 62.7 Å². The molecule has 4 rings (SSSR count). The lowest BCUT2D eigenvalue weighted by atomic mass is 9.96. The number of nitrogens with zero attached hydrogens (tertiary/aromatic N) is 4. The summed E-state index contributed by atoms with van der Waals surface area (Å²) in [6.07, 6.45) is 8.83. The minimum absolute atomic E-state index is 0.0604. The van der Waals surface area contributed by atoms with Gasteiger partial charge in [-0.1, -0.05) is 19.8 Å². The molecular weight excluding hydrogens is 446 g/mol. The number of carbonyl (C=O) groups excluding carboxylic acids is 1. The number of nitrogens with one attached hydrogen (secondary N) is 2. The van der Waals surface area contributed by atoms with Crippen molar-refractivity contribution in [3.8, 4) is 11.1 Å². The van der Waals surface area contributed by atoms with E-state index in [1.165, 1.54) is 12.3 Å². The largest absolute Gasteiger partial charge is 0.394 e. The maximum absolute atomic E-state index is 13.3. The number of amides is 1. The summed E-state index contributed by atoms with van der Waals surface area (Å²) in [4.78, 5) is 43.2. The normalized spacial score (nSPS) is 15.7. The monoisotopic (exact) mass is 479 g/mol. The van der Waals surface area contributed by atoms with Crippen LogP contribution >= 0.6 is 0 Å². The molecule has 0 spiro atoms. The molecule has 0 saturated carbocycles. The maximum Gasteiger partial charge on any atom is 0.255 e. The Balaban J connectivity index is 1.75. The zero-order valence-electron chi connectivity index (χ0n) is 20.3. The molecule has 0 aliphatic carbocycles. The number of aromatic nitrogens is 4. The maximum atomic E-state index is 13.3. The van der Waals surface area contributed by atoms with Crippen molar-refractivity contribution in [2.45, 2.75) is 57.9 Å². The first kappa shape index (κ1) is 24.6. The fraction of sp³-hybridized carbons (Fsp3) is 0.480. The fourth-order valence-electron chi connectivity index (χ4n) is 4.46. The lowest BCUT2D eigenvalue weighted by Gasteiger charge is -2.29. The van der Waals surface area contributed by atoms with Crippen LogP contribution in [0.5, 0.6) is 0 Å². The van der Waals surface area contributed by atoms with E-state index in [2.05, 4.69) is 32.2 Å². The highest BCUT2D eigenvalue weighted by molar-refractivity contribution is 6.01. The van der Waals surface area contributed by atoms with Gasteiger partial charge in [-0.3, -0.25) is 14.6 Å². The van der Waals surface area contributed by atoms with Crippen molar-refractivity contribution in [2.75, 3.05) is 30.7 Å². The number of rotatable bonds is 8. The number of nitrogens with two attached hydrogens (primary N) is 1. The van der Waals surface area contributed by atoms with E-state index in [1.807, 2.05) is 11.8 Å². The second kappa shape index (κ2) is 10.4. The van der Waals surface area contributed by atoms with Crippen molar-refractivity contribution in [1.82, 2.24) is 24.8 Å². The van der Waals surface area contributed by atoms with E-state index in [1.54, 1.807) is 12.3 Å². The van der Waals surface area contributed by atoms with Gasteiger partial charge in [0.15, 0.2) is 5.82 Å². The molecule has 1 aliphatic rings. The molecule has 0 unspecified atom stereocenters. The molecule has 3 aromatic heterocycles. The SMILES string of the molecule is CCCC[C@](C)(CO)Nc1nc(N)nc2cc(-c3cc(=O)[nH]cc3C(=O)N3CCCCC3)cnc12. The van der Waals surface area contributed by atoms with E-state index in [9.17, 15) is 14.7 Å². The molecule has 3 aromatic rings. The molecular formula is C25H33N7O3. The van der Waals surface area contributed by atoms with Crippen molar-refractivity contribution in [2.24, 2.45) is 0 Å². The standard InChI is InChI=1S/C25H33N7O3/c1-3-4-8-25(2,15-33)31-22-21-19(29-24(26)30-22)11-16(13-28-21)17-12-20(34)27-14-18(17)23(35)32-9-6-5-7-10-32/h11-14,33H,3-10,15H2,1-2H3,(H,27,34)(H3,26,29,30,31)/t25-/m1/s1. The van der Waals surface area contributed by atoms with Crippen LogP contribution in [-0.4, -0.2) is 61.1 Å². The number of H-pyrrole nitrogens is 1. The van der Waals surface area contributed by atoms with Gasteiger partial charge in [-0.25, -0.2) is 4.98 Å². The third-order valence-corrected chi connectivity index (χ3v) is 6.51. The predicted molar refractivity (Wildman–Crippen MR) is 136 cm³/mol. The molecule has 0 radical (unpaired) electrons. The van der Waals surface area contributed by atoms with E-state index < -0.39 is 5.54 Å². The average molecular weight is 480 g/mol. The third-order valence-electron chi connectivity index (χ3n) is 6.51. The van der Waals surface area contributed by atoms with Crippen molar-refractivity contribution in [3.05, 3.63) is 40.4 Å². The molecule has 10 heteroatoms.